The average Bonchev–Trinajstić information content (AvgIpc) is 2.28. The molecule has 0 saturated carbocycles. The van der Waals surface area contributed by atoms with Gasteiger partial charge in [0.05, 0.1) is 4.90 Å². The summed E-state index contributed by atoms with van der Waals surface area (Å²) in [5, 5.41) is 21.3. The molecule has 1 amide bonds. The van der Waals surface area contributed by atoms with Gasteiger partial charge in [0.2, 0.25) is 5.91 Å². The van der Waals surface area contributed by atoms with E-state index in [1.807, 2.05) is 0 Å². The van der Waals surface area contributed by atoms with Gasteiger partial charge in [-0.25, -0.2) is 0 Å². The molecule has 0 aromatic heterocycles. The first-order valence-corrected chi connectivity index (χ1v) is 5.67. The van der Waals surface area contributed by atoms with E-state index in [0.29, 0.717) is 17.2 Å². The summed E-state index contributed by atoms with van der Waals surface area (Å²) in [4.78, 5) is 11.4. The van der Waals surface area contributed by atoms with E-state index in [2.05, 4.69) is 11.9 Å². The lowest BCUT2D eigenvalue weighted by molar-refractivity contribution is -0.116. The summed E-state index contributed by atoms with van der Waals surface area (Å²) >= 11 is 1.35. The summed E-state index contributed by atoms with van der Waals surface area (Å²) in [6.45, 7) is 3.81. The fraction of sp³-hybridized carbons (Fsp3) is 0.182. The first kappa shape index (κ1) is 12.4. The minimum absolute atomic E-state index is 0.107. The Hall–Kier alpha value is -1.62. The maximum absolute atomic E-state index is 10.8. The highest BCUT2D eigenvalue weighted by Gasteiger charge is 2.03. The van der Waals surface area contributed by atoms with Gasteiger partial charge in [-0.2, -0.15) is 0 Å². The molecule has 0 fully saturated rings. The molecule has 0 unspecified atom stereocenters. The Morgan fingerprint density at radius 3 is 2.94 bits per heavy atom. The fourth-order valence-electron chi connectivity index (χ4n) is 1.03. The maximum atomic E-state index is 10.8. The van der Waals surface area contributed by atoms with Crippen molar-refractivity contribution >= 4 is 17.7 Å². The lowest BCUT2D eigenvalue weighted by Crippen LogP contribution is -2.23. The van der Waals surface area contributed by atoms with E-state index in [-0.39, 0.29) is 17.4 Å². The maximum Gasteiger partial charge on any atom is 0.243 e. The van der Waals surface area contributed by atoms with Gasteiger partial charge in [0, 0.05) is 12.3 Å². The van der Waals surface area contributed by atoms with Crippen LogP contribution in [0.5, 0.6) is 11.5 Å². The zero-order valence-corrected chi connectivity index (χ0v) is 9.46. The van der Waals surface area contributed by atoms with E-state index in [4.69, 9.17) is 0 Å². The Balaban J connectivity index is 2.40. The third-order valence-corrected chi connectivity index (χ3v) is 2.83. The van der Waals surface area contributed by atoms with Gasteiger partial charge in [-0.1, -0.05) is 6.58 Å². The number of benzene rings is 1. The van der Waals surface area contributed by atoms with Crippen molar-refractivity contribution < 1.29 is 15.0 Å². The van der Waals surface area contributed by atoms with Crippen molar-refractivity contribution in [2.45, 2.75) is 4.90 Å². The van der Waals surface area contributed by atoms with E-state index >= 15 is 0 Å². The van der Waals surface area contributed by atoms with Crippen LogP contribution < -0.4 is 5.32 Å². The molecule has 4 nitrogen and oxygen atoms in total. The van der Waals surface area contributed by atoms with Crippen molar-refractivity contribution in [3.8, 4) is 11.5 Å². The number of aromatic hydroxyl groups is 2. The SMILES string of the molecule is C=CC(=O)NCCSc1cc(O)ccc1O. The van der Waals surface area contributed by atoms with Crippen molar-refractivity contribution in [2.24, 2.45) is 0 Å². The van der Waals surface area contributed by atoms with Crippen LogP contribution in [-0.4, -0.2) is 28.4 Å². The molecule has 5 heteroatoms. The standard InChI is InChI=1S/C11H13NO3S/c1-2-11(15)12-5-6-16-10-7-8(13)3-4-9(10)14/h2-4,7,13-14H,1,5-6H2,(H,12,15). The zero-order chi connectivity index (χ0) is 12.0. The smallest absolute Gasteiger partial charge is 0.243 e. The lowest BCUT2D eigenvalue weighted by atomic mass is 10.3. The molecule has 0 aliphatic carbocycles. The van der Waals surface area contributed by atoms with Gasteiger partial charge in [0.15, 0.2) is 0 Å². The number of hydrogen-bond donors (Lipinski definition) is 3. The van der Waals surface area contributed by atoms with E-state index in [1.54, 1.807) is 0 Å². The molecule has 1 rings (SSSR count). The molecule has 0 saturated heterocycles. The van der Waals surface area contributed by atoms with Gasteiger partial charge in [-0.15, -0.1) is 11.8 Å². The van der Waals surface area contributed by atoms with Gasteiger partial charge < -0.3 is 15.5 Å². The summed E-state index contributed by atoms with van der Waals surface area (Å²) in [7, 11) is 0. The fourth-order valence-corrected chi connectivity index (χ4v) is 1.87. The van der Waals surface area contributed by atoms with E-state index in [0.717, 1.165) is 0 Å². The Morgan fingerprint density at radius 1 is 1.50 bits per heavy atom. The number of rotatable bonds is 5. The first-order chi connectivity index (χ1) is 7.63. The summed E-state index contributed by atoms with van der Waals surface area (Å²) in [6, 6.07) is 4.33. The van der Waals surface area contributed by atoms with Crippen LogP contribution in [0.2, 0.25) is 0 Å². The number of carbonyl (C=O) groups excluding carboxylic acids is 1. The van der Waals surface area contributed by atoms with Gasteiger partial charge >= 0.3 is 0 Å². The van der Waals surface area contributed by atoms with Crippen molar-refractivity contribution in [1.82, 2.24) is 5.32 Å². The van der Waals surface area contributed by atoms with Gasteiger partial charge in [-0.05, 0) is 24.3 Å². The lowest BCUT2D eigenvalue weighted by Gasteiger charge is -2.05. The normalized spacial score (nSPS) is 9.75. The average molecular weight is 239 g/mol. The highest BCUT2D eigenvalue weighted by molar-refractivity contribution is 7.99. The van der Waals surface area contributed by atoms with Crippen molar-refractivity contribution in [3.63, 3.8) is 0 Å². The molecule has 16 heavy (non-hydrogen) atoms. The molecule has 0 aliphatic rings. The number of phenolic OH excluding ortho intramolecular Hbond substituents is 2. The summed E-state index contributed by atoms with van der Waals surface area (Å²) < 4.78 is 0. The monoisotopic (exact) mass is 239 g/mol. The van der Waals surface area contributed by atoms with Crippen LogP contribution in [-0.2, 0) is 4.79 Å². The Kier molecular flexibility index (Phi) is 4.72. The Bertz CT molecular complexity index is 393. The van der Waals surface area contributed by atoms with Crippen LogP contribution in [0.15, 0.2) is 35.7 Å². The minimum Gasteiger partial charge on any atom is -0.508 e. The highest BCUT2D eigenvalue weighted by atomic mass is 32.2. The first-order valence-electron chi connectivity index (χ1n) is 4.68. The van der Waals surface area contributed by atoms with Crippen LogP contribution >= 0.6 is 11.8 Å². The Labute approximate surface area is 98.0 Å². The topological polar surface area (TPSA) is 69.6 Å². The molecule has 0 bridgehead atoms. The highest BCUT2D eigenvalue weighted by Crippen LogP contribution is 2.30. The molecule has 86 valence electrons. The van der Waals surface area contributed by atoms with Crippen LogP contribution in [0, 0.1) is 0 Å². The van der Waals surface area contributed by atoms with E-state index in [9.17, 15) is 15.0 Å². The number of hydrogen-bond acceptors (Lipinski definition) is 4. The van der Waals surface area contributed by atoms with Crippen LogP contribution in [0.25, 0.3) is 0 Å². The molecule has 3 N–H and O–H groups in total. The molecule has 1 aromatic carbocycles. The predicted molar refractivity (Wildman–Crippen MR) is 63.7 cm³/mol. The van der Waals surface area contributed by atoms with Crippen LogP contribution in [0.4, 0.5) is 0 Å². The second-order valence-electron chi connectivity index (χ2n) is 3.00. The second-order valence-corrected chi connectivity index (χ2v) is 4.13. The molecule has 0 heterocycles. The number of phenols is 2. The molecule has 0 radical (unpaired) electrons. The van der Waals surface area contributed by atoms with Crippen molar-refractivity contribution in [2.75, 3.05) is 12.3 Å². The number of nitrogens with one attached hydrogen (secondary N) is 1. The molecule has 1 aromatic rings. The molecular formula is C11H13NO3S. The summed E-state index contributed by atoms with van der Waals surface area (Å²) in [6.07, 6.45) is 1.20. The quantitative estimate of drug-likeness (QED) is 0.315. The summed E-state index contributed by atoms with van der Waals surface area (Å²) in [5.74, 6) is 0.616. The third kappa shape index (κ3) is 3.86. The summed E-state index contributed by atoms with van der Waals surface area (Å²) in [5.41, 5.74) is 0. The van der Waals surface area contributed by atoms with E-state index in [1.165, 1.54) is 36.0 Å². The predicted octanol–water partition coefficient (Wildman–Crippen LogP) is 1.49. The van der Waals surface area contributed by atoms with Gasteiger partial charge in [0.25, 0.3) is 0 Å². The largest absolute Gasteiger partial charge is 0.508 e. The third-order valence-electron chi connectivity index (χ3n) is 1.79. The van der Waals surface area contributed by atoms with Crippen LogP contribution in [0.1, 0.15) is 0 Å². The number of carbonyl (C=O) groups is 1. The Morgan fingerprint density at radius 2 is 2.25 bits per heavy atom. The molecular weight excluding hydrogens is 226 g/mol. The zero-order valence-electron chi connectivity index (χ0n) is 8.64. The molecule has 0 spiro atoms. The molecule has 0 atom stereocenters. The van der Waals surface area contributed by atoms with Gasteiger partial charge in [-0.3, -0.25) is 4.79 Å². The second kappa shape index (κ2) is 6.07. The van der Waals surface area contributed by atoms with Crippen molar-refractivity contribution in [1.29, 1.82) is 0 Å². The van der Waals surface area contributed by atoms with Crippen LogP contribution in [0.3, 0.4) is 0 Å². The minimum atomic E-state index is -0.222. The van der Waals surface area contributed by atoms with E-state index < -0.39 is 0 Å². The molecule has 0 aliphatic heterocycles. The van der Waals surface area contributed by atoms with Crippen molar-refractivity contribution in [3.05, 3.63) is 30.9 Å². The number of amides is 1. The van der Waals surface area contributed by atoms with Gasteiger partial charge in [0.1, 0.15) is 11.5 Å². The number of thioether (sulfide) groups is 1.